The van der Waals surface area contributed by atoms with Gasteiger partial charge in [-0.15, -0.1) is 0 Å². The normalized spacial score (nSPS) is 20.2. The zero-order valence-electron chi connectivity index (χ0n) is 55.4. The van der Waals surface area contributed by atoms with E-state index in [1.54, 1.807) is 0 Å². The predicted molar refractivity (Wildman–Crippen MR) is 218 cm³/mol. The van der Waals surface area contributed by atoms with E-state index < -0.39 is 290 Å². The molecule has 236 valence electrons. The van der Waals surface area contributed by atoms with Crippen molar-refractivity contribution in [3.63, 3.8) is 0 Å². The zero-order valence-corrected chi connectivity index (χ0v) is 25.4. The molecular formula is C50H30O. The third-order valence-corrected chi connectivity index (χ3v) is 8.57. The minimum Gasteiger partial charge on any atom is -0.456 e. The molecule has 0 aliphatic rings. The van der Waals surface area contributed by atoms with Crippen LogP contribution in [-0.2, 0) is 0 Å². The maximum atomic E-state index is 10.3. The van der Waals surface area contributed by atoms with E-state index in [4.69, 9.17) is 27.7 Å². The second-order valence-electron chi connectivity index (χ2n) is 11.3. The third kappa shape index (κ3) is 4.22. The van der Waals surface area contributed by atoms with Crippen LogP contribution >= 0.6 is 0 Å². The standard InChI is InChI=1S/C50H30O/c1-2-13-31(14-3-1)35-28-45(50-44-27-33-16-4-5-17-34(33)29-46(44)51-47(50)30-35)49-42-21-10-8-19-40(42)48(41-20-9-11-22-43(41)49)39-24-12-23-37-36-18-7-6-15-32(36)25-26-38(37)39/h1-30H/i1D,2D,3D,4D,5D,6D,7D,8D,9D,10D,11D,12D,13D,14D,15D,16D,17D,18D,19D,20D,21D,22D,23D,24D,25D,26D,27D,28D,29D,30D. The molecule has 51 heavy (non-hydrogen) atoms. The Hall–Kier alpha value is -6.70. The maximum Gasteiger partial charge on any atom is 0.136 e. The SMILES string of the molecule is [2H]c1c([2H])c([2H])c(-c2c([2H])c(-c3c4c([2H])c([2H])c([2H])c([2H])c4c(-c4c([2H])c([2H])c([2H])c5c4c([2H])c([2H])c4c([2H])c([2H])c([2H])c([2H])c45)c4c([2H])c([2H])c([2H])c([2H])c34)c3c(oc4c([2H])c5c([2H])c([2H])c([2H])c([2H])c5c([2H])c43)c2[2H])c([2H])c1[2H]. The lowest BCUT2D eigenvalue weighted by Gasteiger charge is -2.20. The average Bonchev–Trinajstić information content (AvgIpc) is 3.24. The molecule has 11 aromatic rings. The minimum atomic E-state index is -1.10. The smallest absolute Gasteiger partial charge is 0.136 e. The van der Waals surface area contributed by atoms with Crippen LogP contribution < -0.4 is 0 Å². The Morgan fingerprint density at radius 3 is 1.59 bits per heavy atom. The Kier molecular flexibility index (Phi) is 2.50. The van der Waals surface area contributed by atoms with Gasteiger partial charge in [-0.25, -0.2) is 0 Å². The van der Waals surface area contributed by atoms with Crippen LogP contribution in [0.25, 0.3) is 109 Å². The van der Waals surface area contributed by atoms with Crippen molar-refractivity contribution in [2.45, 2.75) is 0 Å². The highest BCUT2D eigenvalue weighted by molar-refractivity contribution is 6.28. The molecule has 0 fully saturated rings. The fourth-order valence-corrected chi connectivity index (χ4v) is 6.47. The molecule has 0 amide bonds. The fourth-order valence-electron chi connectivity index (χ4n) is 6.47. The van der Waals surface area contributed by atoms with Crippen LogP contribution in [0.5, 0.6) is 0 Å². The summed E-state index contributed by atoms with van der Waals surface area (Å²) in [5.74, 6) is 0. The molecule has 1 aromatic heterocycles. The zero-order chi connectivity index (χ0) is 59.6. The second-order valence-corrected chi connectivity index (χ2v) is 11.3. The van der Waals surface area contributed by atoms with Crippen molar-refractivity contribution in [3.8, 4) is 33.4 Å². The summed E-state index contributed by atoms with van der Waals surface area (Å²) in [7, 11) is 0. The first-order valence-corrected chi connectivity index (χ1v) is 15.2. The molecule has 0 radical (unpaired) electrons. The van der Waals surface area contributed by atoms with Gasteiger partial charge in [0.15, 0.2) is 0 Å². The molecule has 11 rings (SSSR count). The minimum absolute atomic E-state index is 0.565. The van der Waals surface area contributed by atoms with E-state index in [1.807, 2.05) is 0 Å². The Morgan fingerprint density at radius 2 is 0.882 bits per heavy atom. The van der Waals surface area contributed by atoms with Gasteiger partial charge in [0.25, 0.3) is 0 Å². The Morgan fingerprint density at radius 1 is 0.314 bits per heavy atom. The van der Waals surface area contributed by atoms with E-state index in [-0.39, 0.29) is 0 Å². The first-order valence-electron chi connectivity index (χ1n) is 30.2. The van der Waals surface area contributed by atoms with E-state index in [0.717, 1.165) is 0 Å². The highest BCUT2D eigenvalue weighted by atomic mass is 16.3. The lowest BCUT2D eigenvalue weighted by Crippen LogP contribution is -1.93. The maximum absolute atomic E-state index is 10.3. The first-order chi connectivity index (χ1) is 37.8. The summed E-state index contributed by atoms with van der Waals surface area (Å²) in [6.45, 7) is 0. The lowest BCUT2D eigenvalue weighted by molar-refractivity contribution is 0.669. The molecule has 0 atom stereocenters. The lowest BCUT2D eigenvalue weighted by atomic mass is 9.83. The van der Waals surface area contributed by atoms with E-state index in [1.165, 1.54) is 0 Å². The van der Waals surface area contributed by atoms with Crippen molar-refractivity contribution < 1.29 is 45.5 Å². The number of fused-ring (bicyclic) bond motifs is 9. The van der Waals surface area contributed by atoms with Gasteiger partial charge in [-0.3, -0.25) is 0 Å². The van der Waals surface area contributed by atoms with Gasteiger partial charge in [-0.2, -0.15) is 0 Å². The first kappa shape index (κ1) is 11.7. The monoisotopic (exact) mass is 676 g/mol. The van der Waals surface area contributed by atoms with Gasteiger partial charge in [-0.1, -0.05) is 157 Å². The molecule has 0 N–H and O–H groups in total. The summed E-state index contributed by atoms with van der Waals surface area (Å²) < 4.78 is 281. The van der Waals surface area contributed by atoms with Crippen molar-refractivity contribution in [2.75, 3.05) is 0 Å². The van der Waals surface area contributed by atoms with Crippen LogP contribution in [0.2, 0.25) is 0 Å². The highest BCUT2D eigenvalue weighted by Gasteiger charge is 2.22. The molecule has 1 heterocycles. The number of rotatable bonds is 3. The van der Waals surface area contributed by atoms with E-state index in [0.29, 0.717) is 0 Å². The molecule has 0 spiro atoms. The van der Waals surface area contributed by atoms with E-state index >= 15 is 0 Å². The van der Waals surface area contributed by atoms with Crippen molar-refractivity contribution in [1.29, 1.82) is 0 Å². The molecule has 0 aliphatic carbocycles. The van der Waals surface area contributed by atoms with Gasteiger partial charge in [0.05, 0.1) is 41.1 Å². The quantitative estimate of drug-likeness (QED) is 0.134. The fraction of sp³-hybridized carbons (Fsp3) is 0. The highest BCUT2D eigenvalue weighted by Crippen LogP contribution is 2.49. The van der Waals surface area contributed by atoms with Crippen LogP contribution in [0.4, 0.5) is 0 Å². The molecule has 0 saturated heterocycles. The molecule has 0 unspecified atom stereocenters. The van der Waals surface area contributed by atoms with Crippen molar-refractivity contribution in [1.82, 2.24) is 0 Å². The largest absolute Gasteiger partial charge is 0.456 e. The molecule has 10 aromatic carbocycles. The van der Waals surface area contributed by atoms with Gasteiger partial charge in [0.2, 0.25) is 0 Å². The summed E-state index contributed by atoms with van der Waals surface area (Å²) in [5, 5.41) is -8.32. The van der Waals surface area contributed by atoms with Gasteiger partial charge in [0, 0.05) is 10.8 Å². The van der Waals surface area contributed by atoms with E-state index in [2.05, 4.69) is 0 Å². The Bertz CT molecular complexity index is 4820. The van der Waals surface area contributed by atoms with Crippen LogP contribution in [0.3, 0.4) is 0 Å². The topological polar surface area (TPSA) is 13.1 Å². The molecule has 1 nitrogen and oxygen atoms in total. The Balaban J connectivity index is 1.54. The number of hydrogen-bond donors (Lipinski definition) is 0. The second kappa shape index (κ2) is 10.9. The summed E-state index contributed by atoms with van der Waals surface area (Å²) >= 11 is 0. The van der Waals surface area contributed by atoms with Crippen LogP contribution in [0, 0.1) is 0 Å². The summed E-state index contributed by atoms with van der Waals surface area (Å²) in [4.78, 5) is 0. The van der Waals surface area contributed by atoms with Crippen molar-refractivity contribution in [2.24, 2.45) is 0 Å². The number of hydrogen-bond acceptors (Lipinski definition) is 1. The molecule has 0 saturated carbocycles. The molecular weight excluding hydrogens is 617 g/mol. The van der Waals surface area contributed by atoms with Crippen molar-refractivity contribution >= 4 is 75.8 Å². The summed E-state index contributed by atoms with van der Waals surface area (Å²) in [6, 6.07) is -28.9. The predicted octanol–water partition coefficient (Wildman–Crippen LogP) is 14.4. The van der Waals surface area contributed by atoms with Gasteiger partial charge in [0.1, 0.15) is 11.2 Å². The number of benzene rings is 10. The van der Waals surface area contributed by atoms with Gasteiger partial charge >= 0.3 is 0 Å². The summed E-state index contributed by atoms with van der Waals surface area (Å²) in [5.41, 5.74) is -6.50. The van der Waals surface area contributed by atoms with Crippen molar-refractivity contribution in [3.05, 3.63) is 181 Å². The van der Waals surface area contributed by atoms with E-state index in [9.17, 15) is 17.8 Å². The Labute approximate surface area is 336 Å². The molecule has 0 aliphatic heterocycles. The molecule has 1 heteroatoms. The van der Waals surface area contributed by atoms with Gasteiger partial charge < -0.3 is 4.42 Å². The third-order valence-electron chi connectivity index (χ3n) is 8.57. The van der Waals surface area contributed by atoms with Crippen LogP contribution in [-0.4, -0.2) is 0 Å². The van der Waals surface area contributed by atoms with Crippen LogP contribution in [0.15, 0.2) is 186 Å². The molecule has 0 bridgehead atoms. The van der Waals surface area contributed by atoms with Gasteiger partial charge in [-0.05, 0) is 111 Å². The van der Waals surface area contributed by atoms with Crippen LogP contribution in [0.1, 0.15) is 41.1 Å². The average molecular weight is 677 g/mol. The number of furan rings is 1. The summed E-state index contributed by atoms with van der Waals surface area (Å²) in [6.07, 6.45) is 0.